The summed E-state index contributed by atoms with van der Waals surface area (Å²) in [7, 11) is -3.70. The van der Waals surface area contributed by atoms with Gasteiger partial charge in [0.15, 0.2) is 5.03 Å². The summed E-state index contributed by atoms with van der Waals surface area (Å²) >= 11 is 8.92. The molecule has 0 radical (unpaired) electrons. The molecule has 9 heteroatoms. The number of pyridine rings is 1. The van der Waals surface area contributed by atoms with E-state index in [4.69, 9.17) is 11.6 Å². The third-order valence-corrected chi connectivity index (χ3v) is 4.70. The number of nitrogens with one attached hydrogen (secondary N) is 2. The predicted octanol–water partition coefficient (Wildman–Crippen LogP) is 2.58. The molecule has 2 rings (SSSR count). The minimum absolute atomic E-state index is 0.00965. The lowest BCUT2D eigenvalue weighted by molar-refractivity contribution is 0.598. The lowest BCUT2D eigenvalue weighted by Crippen LogP contribution is -2.13. The molecule has 0 unspecified atom stereocenters. The number of H-pyrrole nitrogens is 1. The first kappa shape index (κ1) is 14.3. The summed E-state index contributed by atoms with van der Waals surface area (Å²) in [6.45, 7) is 1.88. The molecule has 0 saturated heterocycles. The van der Waals surface area contributed by atoms with Crippen LogP contribution >= 0.6 is 27.5 Å². The lowest BCUT2D eigenvalue weighted by Gasteiger charge is -2.06. The van der Waals surface area contributed by atoms with E-state index in [1.54, 1.807) is 0 Å². The number of hydrogen-bond donors (Lipinski definition) is 2. The van der Waals surface area contributed by atoms with Crippen molar-refractivity contribution in [3.8, 4) is 0 Å². The molecule has 0 fully saturated rings. The average molecular weight is 366 g/mol. The summed E-state index contributed by atoms with van der Waals surface area (Å²) < 4.78 is 27.0. The number of halogens is 2. The fourth-order valence-electron chi connectivity index (χ4n) is 1.35. The van der Waals surface area contributed by atoms with E-state index < -0.39 is 10.0 Å². The largest absolute Gasteiger partial charge is 0.332 e. The van der Waals surface area contributed by atoms with Crippen molar-refractivity contribution in [1.82, 2.24) is 15.0 Å². The lowest BCUT2D eigenvalue weighted by atomic mass is 10.4. The molecule has 102 valence electrons. The van der Waals surface area contributed by atoms with Gasteiger partial charge in [-0.15, -0.1) is 0 Å². The minimum atomic E-state index is -3.70. The van der Waals surface area contributed by atoms with Crippen LogP contribution in [0.2, 0.25) is 5.15 Å². The summed E-state index contributed by atoms with van der Waals surface area (Å²) in [6, 6.07) is 1.53. The molecule has 0 amide bonds. The Morgan fingerprint density at radius 1 is 1.42 bits per heavy atom. The normalized spacial score (nSPS) is 11.5. The maximum Gasteiger partial charge on any atom is 0.279 e. The first-order valence-corrected chi connectivity index (χ1v) is 7.95. The highest BCUT2D eigenvalue weighted by Crippen LogP contribution is 2.24. The number of aryl methyl sites for hydroxylation is 1. The molecule has 2 aromatic rings. The van der Waals surface area contributed by atoms with Crippen LogP contribution in [-0.4, -0.2) is 23.4 Å². The fourth-order valence-corrected chi connectivity index (χ4v) is 2.77. The summed E-state index contributed by atoms with van der Waals surface area (Å²) in [6.07, 6.45) is 3.24. The van der Waals surface area contributed by atoms with Gasteiger partial charge in [0.2, 0.25) is 0 Å². The molecule has 0 bridgehead atoms. The zero-order chi connectivity index (χ0) is 14.0. The molecule has 0 spiro atoms. The van der Waals surface area contributed by atoms with Crippen LogP contribution in [0.4, 0.5) is 5.69 Å². The van der Waals surface area contributed by atoms with E-state index in [9.17, 15) is 8.42 Å². The van der Waals surface area contributed by atoms with Gasteiger partial charge in [0.05, 0.1) is 22.6 Å². The van der Waals surface area contributed by atoms with Gasteiger partial charge >= 0.3 is 0 Å². The Balaban J connectivity index is 2.28. The Labute approximate surface area is 123 Å². The third kappa shape index (κ3) is 3.26. The van der Waals surface area contributed by atoms with Gasteiger partial charge in [0.1, 0.15) is 11.0 Å². The van der Waals surface area contributed by atoms with Gasteiger partial charge in [0, 0.05) is 6.42 Å². The monoisotopic (exact) mass is 364 g/mol. The van der Waals surface area contributed by atoms with E-state index in [-0.39, 0.29) is 10.2 Å². The van der Waals surface area contributed by atoms with Crippen LogP contribution < -0.4 is 4.72 Å². The third-order valence-electron chi connectivity index (χ3n) is 2.28. The second-order valence-electron chi connectivity index (χ2n) is 3.65. The molecule has 0 atom stereocenters. The maximum absolute atomic E-state index is 12.1. The van der Waals surface area contributed by atoms with Crippen molar-refractivity contribution in [2.45, 2.75) is 18.4 Å². The molecule has 2 aromatic heterocycles. The van der Waals surface area contributed by atoms with Crippen LogP contribution in [0.3, 0.4) is 0 Å². The van der Waals surface area contributed by atoms with Crippen LogP contribution in [-0.2, 0) is 16.4 Å². The SMILES string of the molecule is CCc1ncc(S(=O)(=O)Nc2cnc(Cl)c(Br)c2)[nH]1. The Morgan fingerprint density at radius 3 is 2.74 bits per heavy atom. The van der Waals surface area contributed by atoms with Gasteiger partial charge in [-0.2, -0.15) is 8.42 Å². The highest BCUT2D eigenvalue weighted by atomic mass is 79.9. The van der Waals surface area contributed by atoms with Gasteiger partial charge in [-0.05, 0) is 22.0 Å². The summed E-state index contributed by atoms with van der Waals surface area (Å²) in [5.74, 6) is 0.607. The number of imidazole rings is 1. The zero-order valence-electron chi connectivity index (χ0n) is 9.81. The van der Waals surface area contributed by atoms with Crippen molar-refractivity contribution >= 4 is 43.2 Å². The molecule has 0 aliphatic heterocycles. The van der Waals surface area contributed by atoms with Crippen molar-refractivity contribution in [2.24, 2.45) is 0 Å². The van der Waals surface area contributed by atoms with Gasteiger partial charge in [0.25, 0.3) is 10.0 Å². The molecule has 2 N–H and O–H groups in total. The van der Waals surface area contributed by atoms with Crippen molar-refractivity contribution < 1.29 is 8.42 Å². The number of rotatable bonds is 4. The zero-order valence-corrected chi connectivity index (χ0v) is 13.0. The number of aromatic amines is 1. The van der Waals surface area contributed by atoms with Crippen LogP contribution in [0.15, 0.2) is 28.0 Å². The number of sulfonamides is 1. The van der Waals surface area contributed by atoms with Gasteiger partial charge < -0.3 is 4.98 Å². The molecule has 0 aliphatic carbocycles. The van der Waals surface area contributed by atoms with E-state index >= 15 is 0 Å². The van der Waals surface area contributed by atoms with E-state index in [2.05, 4.69) is 35.6 Å². The van der Waals surface area contributed by atoms with Crippen molar-refractivity contribution in [3.05, 3.63) is 33.9 Å². The molecule has 0 saturated carbocycles. The summed E-state index contributed by atoms with van der Waals surface area (Å²) in [5, 5.41) is 0.271. The first-order valence-electron chi connectivity index (χ1n) is 5.30. The molecule has 6 nitrogen and oxygen atoms in total. The van der Waals surface area contributed by atoms with Gasteiger partial charge in [-0.25, -0.2) is 9.97 Å². The summed E-state index contributed by atoms with van der Waals surface area (Å²) in [5.41, 5.74) is 0.309. The number of nitrogens with zero attached hydrogens (tertiary/aromatic N) is 2. The van der Waals surface area contributed by atoms with E-state index in [1.807, 2.05) is 6.92 Å². The molecule has 19 heavy (non-hydrogen) atoms. The summed E-state index contributed by atoms with van der Waals surface area (Å²) in [4.78, 5) is 10.5. The van der Waals surface area contributed by atoms with Crippen molar-refractivity contribution in [1.29, 1.82) is 0 Å². The smallest absolute Gasteiger partial charge is 0.279 e. The Morgan fingerprint density at radius 2 is 2.16 bits per heavy atom. The maximum atomic E-state index is 12.1. The number of aromatic nitrogens is 3. The highest BCUT2D eigenvalue weighted by Gasteiger charge is 2.17. The fraction of sp³-hybridized carbons (Fsp3) is 0.200. The topological polar surface area (TPSA) is 87.7 Å². The quantitative estimate of drug-likeness (QED) is 0.815. The molecule has 2 heterocycles. The number of anilines is 1. The Bertz CT molecular complexity index is 701. The minimum Gasteiger partial charge on any atom is -0.332 e. The van der Waals surface area contributed by atoms with Crippen LogP contribution in [0.5, 0.6) is 0 Å². The van der Waals surface area contributed by atoms with Gasteiger partial charge in [-0.3, -0.25) is 4.72 Å². The van der Waals surface area contributed by atoms with E-state index in [0.29, 0.717) is 22.4 Å². The van der Waals surface area contributed by atoms with Crippen LogP contribution in [0.25, 0.3) is 0 Å². The highest BCUT2D eigenvalue weighted by molar-refractivity contribution is 9.10. The van der Waals surface area contributed by atoms with Crippen molar-refractivity contribution in [3.63, 3.8) is 0 Å². The second kappa shape index (κ2) is 5.48. The second-order valence-corrected chi connectivity index (χ2v) is 6.51. The molecular formula is C10H10BrClN4O2S. The standard InChI is InChI=1S/C10H10BrClN4O2S/c1-2-8-13-5-9(15-8)19(17,18)16-6-3-7(11)10(12)14-4-6/h3-5,16H,2H2,1H3,(H,13,15). The van der Waals surface area contributed by atoms with E-state index in [0.717, 1.165) is 0 Å². The van der Waals surface area contributed by atoms with Crippen LogP contribution in [0, 0.1) is 0 Å². The van der Waals surface area contributed by atoms with Gasteiger partial charge in [-0.1, -0.05) is 18.5 Å². The Hall–Kier alpha value is -1.12. The molecule has 0 aliphatic rings. The molecular weight excluding hydrogens is 356 g/mol. The molecule has 0 aromatic carbocycles. The van der Waals surface area contributed by atoms with E-state index in [1.165, 1.54) is 18.5 Å². The van der Waals surface area contributed by atoms with Crippen LogP contribution in [0.1, 0.15) is 12.7 Å². The Kier molecular flexibility index (Phi) is 4.12. The average Bonchev–Trinajstić information content (AvgIpc) is 2.83. The predicted molar refractivity (Wildman–Crippen MR) is 75.7 cm³/mol. The van der Waals surface area contributed by atoms with Crippen molar-refractivity contribution in [2.75, 3.05) is 4.72 Å². The number of hydrogen-bond acceptors (Lipinski definition) is 4. The first-order chi connectivity index (χ1) is 8.92.